The lowest BCUT2D eigenvalue weighted by molar-refractivity contribution is -0.137. The third kappa shape index (κ3) is 3.14. The average molecular weight is 354 g/mol. The maximum absolute atomic E-state index is 13.0. The number of aryl methyl sites for hydroxylation is 1. The van der Waals surface area contributed by atoms with Crippen molar-refractivity contribution < 1.29 is 9.90 Å². The predicted molar refractivity (Wildman–Crippen MR) is 97.4 cm³/mol. The van der Waals surface area contributed by atoms with Gasteiger partial charge in [-0.2, -0.15) is 0 Å². The van der Waals surface area contributed by atoms with Crippen LogP contribution in [0.3, 0.4) is 0 Å². The highest BCUT2D eigenvalue weighted by Crippen LogP contribution is 2.31. The number of hydrogen-bond acceptors (Lipinski definition) is 4. The van der Waals surface area contributed by atoms with Crippen LogP contribution in [-0.4, -0.2) is 43.8 Å². The minimum absolute atomic E-state index is 0.0933. The number of aromatic nitrogens is 3. The molecule has 1 aliphatic carbocycles. The smallest absolute Gasteiger partial charge is 0.226 e. The molecule has 138 valence electrons. The van der Waals surface area contributed by atoms with Gasteiger partial charge in [-0.25, -0.2) is 0 Å². The van der Waals surface area contributed by atoms with Crippen LogP contribution in [0.2, 0.25) is 0 Å². The Morgan fingerprint density at radius 2 is 1.88 bits per heavy atom. The van der Waals surface area contributed by atoms with Crippen molar-refractivity contribution >= 4 is 5.91 Å². The van der Waals surface area contributed by atoms with Crippen LogP contribution in [0.4, 0.5) is 0 Å². The lowest BCUT2D eigenvalue weighted by Gasteiger charge is -2.35. The number of aliphatic hydroxyl groups is 1. The molecule has 6 heteroatoms. The second-order valence-electron chi connectivity index (χ2n) is 7.50. The van der Waals surface area contributed by atoms with Crippen LogP contribution in [0, 0.1) is 5.92 Å². The van der Waals surface area contributed by atoms with Crippen molar-refractivity contribution in [1.82, 2.24) is 19.7 Å². The van der Waals surface area contributed by atoms with Crippen molar-refractivity contribution in [3.8, 4) is 0 Å². The van der Waals surface area contributed by atoms with E-state index in [1.54, 1.807) is 0 Å². The molecule has 1 amide bonds. The first-order valence-corrected chi connectivity index (χ1v) is 9.52. The van der Waals surface area contributed by atoms with Crippen molar-refractivity contribution in [2.45, 2.75) is 44.6 Å². The fraction of sp³-hybridized carbons (Fsp3) is 0.550. The number of rotatable bonds is 3. The number of carbonyl (C=O) groups excluding carboxylic acids is 1. The maximum atomic E-state index is 13.0. The van der Waals surface area contributed by atoms with E-state index in [0.717, 1.165) is 51.0 Å². The Kier molecular flexibility index (Phi) is 4.76. The molecule has 1 atom stereocenters. The van der Waals surface area contributed by atoms with Crippen LogP contribution in [0.1, 0.15) is 48.0 Å². The largest absolute Gasteiger partial charge is 0.388 e. The number of nitrogens with zero attached hydrogens (tertiary/aromatic N) is 4. The topological polar surface area (TPSA) is 71.2 Å². The second-order valence-corrected chi connectivity index (χ2v) is 7.50. The van der Waals surface area contributed by atoms with Crippen molar-refractivity contribution in [2.75, 3.05) is 13.1 Å². The Morgan fingerprint density at radius 1 is 1.15 bits per heavy atom. The van der Waals surface area contributed by atoms with E-state index in [1.807, 2.05) is 16.5 Å². The standard InChI is InChI=1S/C20H26N4O2/c1-23-18(13-25)21-22-19(23)15-8-10-24(11-9-15)20(26)17-7-6-14-4-2-3-5-16(14)12-17/h2-5,15,17,25H,6-13H2,1H3/t17-/m0/s1. The quantitative estimate of drug-likeness (QED) is 0.913. The zero-order valence-electron chi connectivity index (χ0n) is 15.3. The lowest BCUT2D eigenvalue weighted by Crippen LogP contribution is -2.43. The van der Waals surface area contributed by atoms with Gasteiger partial charge in [0.15, 0.2) is 5.82 Å². The summed E-state index contributed by atoms with van der Waals surface area (Å²) in [6, 6.07) is 8.50. The Morgan fingerprint density at radius 3 is 2.58 bits per heavy atom. The number of piperidine rings is 1. The van der Waals surface area contributed by atoms with E-state index >= 15 is 0 Å². The number of carbonyl (C=O) groups is 1. The Balaban J connectivity index is 1.37. The van der Waals surface area contributed by atoms with Gasteiger partial charge >= 0.3 is 0 Å². The summed E-state index contributed by atoms with van der Waals surface area (Å²) in [6.07, 6.45) is 4.65. The number of aliphatic hydroxyl groups excluding tert-OH is 1. The SMILES string of the molecule is Cn1c(CO)nnc1C1CCN(C(=O)[C@H]2CCc3ccccc3C2)CC1. The van der Waals surface area contributed by atoms with Crippen molar-refractivity contribution in [3.05, 3.63) is 47.0 Å². The summed E-state index contributed by atoms with van der Waals surface area (Å²) in [6.45, 7) is 1.47. The molecule has 1 saturated heterocycles. The van der Waals surface area contributed by atoms with Crippen LogP contribution in [0.5, 0.6) is 0 Å². The first-order chi connectivity index (χ1) is 12.7. The number of benzene rings is 1. The van der Waals surface area contributed by atoms with Gasteiger partial charge in [-0.15, -0.1) is 10.2 Å². The van der Waals surface area contributed by atoms with Gasteiger partial charge < -0.3 is 14.6 Å². The molecule has 6 nitrogen and oxygen atoms in total. The van der Waals surface area contributed by atoms with Gasteiger partial charge in [-0.05, 0) is 43.2 Å². The zero-order chi connectivity index (χ0) is 18.1. The molecule has 1 aromatic heterocycles. The van der Waals surface area contributed by atoms with Gasteiger partial charge in [0, 0.05) is 32.0 Å². The first-order valence-electron chi connectivity index (χ1n) is 9.52. The number of likely N-dealkylation sites (tertiary alicyclic amines) is 1. The maximum Gasteiger partial charge on any atom is 0.226 e. The summed E-state index contributed by atoms with van der Waals surface area (Å²) in [5, 5.41) is 17.6. The van der Waals surface area contributed by atoms with Gasteiger partial charge in [0.05, 0.1) is 0 Å². The normalized spacial score (nSPS) is 20.8. The van der Waals surface area contributed by atoms with E-state index in [0.29, 0.717) is 17.6 Å². The van der Waals surface area contributed by atoms with Crippen molar-refractivity contribution in [1.29, 1.82) is 0 Å². The molecule has 1 aromatic carbocycles. The minimum Gasteiger partial charge on any atom is -0.388 e. The van der Waals surface area contributed by atoms with E-state index in [-0.39, 0.29) is 12.5 Å². The Hall–Kier alpha value is -2.21. The number of hydrogen-bond donors (Lipinski definition) is 1. The van der Waals surface area contributed by atoms with Crippen LogP contribution in [0.15, 0.2) is 24.3 Å². The third-order valence-electron chi connectivity index (χ3n) is 6.01. The molecule has 0 radical (unpaired) electrons. The average Bonchev–Trinajstić information content (AvgIpc) is 3.07. The van der Waals surface area contributed by atoms with Gasteiger partial charge in [0.25, 0.3) is 0 Å². The second kappa shape index (κ2) is 7.19. The third-order valence-corrected chi connectivity index (χ3v) is 6.01. The molecule has 1 fully saturated rings. The molecule has 0 saturated carbocycles. The van der Waals surface area contributed by atoms with E-state index in [2.05, 4.69) is 34.5 Å². The van der Waals surface area contributed by atoms with Crippen molar-refractivity contribution in [3.63, 3.8) is 0 Å². The molecule has 4 rings (SSSR count). The molecular weight excluding hydrogens is 328 g/mol. The molecule has 0 bridgehead atoms. The van der Waals surface area contributed by atoms with Gasteiger partial charge in [-0.1, -0.05) is 24.3 Å². The summed E-state index contributed by atoms with van der Waals surface area (Å²) < 4.78 is 1.89. The van der Waals surface area contributed by atoms with Crippen LogP contribution < -0.4 is 0 Å². The van der Waals surface area contributed by atoms with Crippen molar-refractivity contribution in [2.24, 2.45) is 13.0 Å². The summed E-state index contributed by atoms with van der Waals surface area (Å²) in [5.74, 6) is 2.26. The van der Waals surface area contributed by atoms with Crippen LogP contribution in [0.25, 0.3) is 0 Å². The molecule has 1 N–H and O–H groups in total. The van der Waals surface area contributed by atoms with Gasteiger partial charge in [0.2, 0.25) is 5.91 Å². The monoisotopic (exact) mass is 354 g/mol. The Labute approximate surface area is 153 Å². The molecule has 2 aromatic rings. The fourth-order valence-electron chi connectivity index (χ4n) is 4.39. The van der Waals surface area contributed by atoms with Crippen LogP contribution >= 0.6 is 0 Å². The summed E-state index contributed by atoms with van der Waals surface area (Å²) in [7, 11) is 1.90. The number of amides is 1. The summed E-state index contributed by atoms with van der Waals surface area (Å²) in [4.78, 5) is 15.0. The van der Waals surface area contributed by atoms with E-state index in [1.165, 1.54) is 11.1 Å². The van der Waals surface area contributed by atoms with Gasteiger partial charge in [0.1, 0.15) is 12.4 Å². The molecule has 0 unspecified atom stereocenters. The molecule has 0 spiro atoms. The van der Waals surface area contributed by atoms with Gasteiger partial charge in [-0.3, -0.25) is 4.79 Å². The fourth-order valence-corrected chi connectivity index (χ4v) is 4.39. The van der Waals surface area contributed by atoms with E-state index < -0.39 is 0 Å². The predicted octanol–water partition coefficient (Wildman–Crippen LogP) is 1.82. The summed E-state index contributed by atoms with van der Waals surface area (Å²) in [5.41, 5.74) is 2.74. The zero-order valence-corrected chi connectivity index (χ0v) is 15.3. The highest BCUT2D eigenvalue weighted by Gasteiger charge is 2.32. The van der Waals surface area contributed by atoms with Crippen LogP contribution in [-0.2, 0) is 31.3 Å². The molecular formula is C20H26N4O2. The highest BCUT2D eigenvalue weighted by molar-refractivity contribution is 5.79. The lowest BCUT2D eigenvalue weighted by atomic mass is 9.82. The summed E-state index contributed by atoms with van der Waals surface area (Å²) >= 11 is 0. The highest BCUT2D eigenvalue weighted by atomic mass is 16.3. The number of fused-ring (bicyclic) bond motifs is 1. The minimum atomic E-state index is -0.0933. The molecule has 2 heterocycles. The first kappa shape index (κ1) is 17.2. The van der Waals surface area contributed by atoms with E-state index in [9.17, 15) is 9.90 Å². The molecule has 1 aliphatic heterocycles. The van der Waals surface area contributed by atoms with E-state index in [4.69, 9.17) is 0 Å². The molecule has 2 aliphatic rings. The Bertz CT molecular complexity index is 793. The molecule has 26 heavy (non-hydrogen) atoms.